The van der Waals surface area contributed by atoms with Gasteiger partial charge in [0, 0.05) is 17.5 Å². The second-order valence-electron chi connectivity index (χ2n) is 3.94. The molecular formula is C12H11N5O. The quantitative estimate of drug-likeness (QED) is 0.685. The molecule has 3 aromatic rings. The first-order chi connectivity index (χ1) is 8.72. The van der Waals surface area contributed by atoms with Crippen LogP contribution in [0.25, 0.3) is 5.78 Å². The number of fused-ring (bicyclic) bond motifs is 1. The predicted octanol–water partition coefficient (Wildman–Crippen LogP) is 1.93. The fourth-order valence-electron chi connectivity index (χ4n) is 1.61. The highest BCUT2D eigenvalue weighted by Crippen LogP contribution is 2.21. The van der Waals surface area contributed by atoms with Crippen molar-refractivity contribution in [3.05, 3.63) is 42.1 Å². The predicted molar refractivity (Wildman–Crippen MR) is 64.6 cm³/mol. The molecule has 0 aliphatic rings. The summed E-state index contributed by atoms with van der Waals surface area (Å²) in [6.45, 7) is 3.81. The minimum atomic E-state index is 0.519. The second-order valence-corrected chi connectivity index (χ2v) is 3.94. The maximum Gasteiger partial charge on any atom is 0.255 e. The monoisotopic (exact) mass is 241 g/mol. The van der Waals surface area contributed by atoms with Crippen molar-refractivity contribution in [2.75, 3.05) is 0 Å². The van der Waals surface area contributed by atoms with E-state index in [1.165, 1.54) is 6.33 Å². The number of hydrogen-bond acceptors (Lipinski definition) is 5. The number of hydrogen-bond donors (Lipinski definition) is 0. The Balaban J connectivity index is 2.03. The molecule has 90 valence electrons. The first kappa shape index (κ1) is 10.6. The van der Waals surface area contributed by atoms with Crippen molar-refractivity contribution in [3.8, 4) is 11.6 Å². The fraction of sp³-hybridized carbons (Fsp3) is 0.167. The van der Waals surface area contributed by atoms with Gasteiger partial charge in [-0.15, -0.1) is 0 Å². The highest BCUT2D eigenvalue weighted by atomic mass is 16.5. The molecule has 0 amide bonds. The van der Waals surface area contributed by atoms with Crippen LogP contribution in [-0.4, -0.2) is 24.6 Å². The Labute approximate surface area is 103 Å². The molecule has 3 rings (SSSR count). The van der Waals surface area contributed by atoms with Gasteiger partial charge in [0.15, 0.2) is 0 Å². The summed E-state index contributed by atoms with van der Waals surface area (Å²) >= 11 is 0. The van der Waals surface area contributed by atoms with Crippen LogP contribution in [0.3, 0.4) is 0 Å². The van der Waals surface area contributed by atoms with Gasteiger partial charge in [-0.3, -0.25) is 4.98 Å². The first-order valence-electron chi connectivity index (χ1n) is 5.50. The molecule has 0 fully saturated rings. The van der Waals surface area contributed by atoms with Gasteiger partial charge in [0.25, 0.3) is 5.78 Å². The Morgan fingerprint density at radius 2 is 2.00 bits per heavy atom. The highest BCUT2D eigenvalue weighted by molar-refractivity contribution is 5.35. The summed E-state index contributed by atoms with van der Waals surface area (Å²) in [5.74, 6) is 1.74. The molecule has 0 aromatic carbocycles. The molecule has 6 heteroatoms. The van der Waals surface area contributed by atoms with E-state index in [-0.39, 0.29) is 0 Å². The normalized spacial score (nSPS) is 10.8. The average Bonchev–Trinajstić information content (AvgIpc) is 2.80. The van der Waals surface area contributed by atoms with Crippen molar-refractivity contribution in [2.45, 2.75) is 13.8 Å². The summed E-state index contributed by atoms with van der Waals surface area (Å²) in [6.07, 6.45) is 3.12. The minimum absolute atomic E-state index is 0.519. The molecule has 0 saturated carbocycles. The van der Waals surface area contributed by atoms with E-state index in [0.717, 1.165) is 11.4 Å². The molecule has 3 heterocycles. The van der Waals surface area contributed by atoms with Gasteiger partial charge >= 0.3 is 0 Å². The van der Waals surface area contributed by atoms with Crippen LogP contribution >= 0.6 is 0 Å². The summed E-state index contributed by atoms with van der Waals surface area (Å²) in [7, 11) is 0. The Kier molecular flexibility index (Phi) is 2.40. The van der Waals surface area contributed by atoms with E-state index < -0.39 is 0 Å². The third-order valence-electron chi connectivity index (χ3n) is 2.45. The van der Waals surface area contributed by atoms with E-state index in [0.29, 0.717) is 17.4 Å². The van der Waals surface area contributed by atoms with Crippen LogP contribution in [-0.2, 0) is 0 Å². The molecule has 3 aromatic heterocycles. The van der Waals surface area contributed by atoms with Gasteiger partial charge in [-0.25, -0.2) is 4.98 Å². The van der Waals surface area contributed by atoms with Crippen molar-refractivity contribution in [1.29, 1.82) is 0 Å². The van der Waals surface area contributed by atoms with Crippen LogP contribution in [0.15, 0.2) is 30.7 Å². The smallest absolute Gasteiger partial charge is 0.255 e. The van der Waals surface area contributed by atoms with Gasteiger partial charge in [-0.2, -0.15) is 14.6 Å². The van der Waals surface area contributed by atoms with E-state index in [4.69, 9.17) is 4.74 Å². The lowest BCUT2D eigenvalue weighted by molar-refractivity contribution is 0.443. The largest absolute Gasteiger partial charge is 0.437 e. The first-order valence-corrected chi connectivity index (χ1v) is 5.50. The van der Waals surface area contributed by atoms with Crippen molar-refractivity contribution < 1.29 is 4.74 Å². The molecule has 18 heavy (non-hydrogen) atoms. The number of pyridine rings is 1. The van der Waals surface area contributed by atoms with Gasteiger partial charge in [0.2, 0.25) is 5.88 Å². The van der Waals surface area contributed by atoms with Crippen molar-refractivity contribution in [1.82, 2.24) is 24.6 Å². The molecule has 6 nitrogen and oxygen atoms in total. The third kappa shape index (κ3) is 1.88. The maximum absolute atomic E-state index is 5.74. The van der Waals surface area contributed by atoms with Crippen LogP contribution in [0.4, 0.5) is 0 Å². The van der Waals surface area contributed by atoms with Crippen LogP contribution in [0, 0.1) is 13.8 Å². The number of ether oxygens (including phenoxy) is 1. The highest BCUT2D eigenvalue weighted by Gasteiger charge is 2.07. The molecule has 0 spiro atoms. The lowest BCUT2D eigenvalue weighted by Gasteiger charge is -2.07. The van der Waals surface area contributed by atoms with Crippen LogP contribution in [0.2, 0.25) is 0 Å². The Bertz CT molecular complexity index is 689. The Hall–Kier alpha value is -2.50. The van der Waals surface area contributed by atoms with Crippen molar-refractivity contribution >= 4 is 5.78 Å². The van der Waals surface area contributed by atoms with Gasteiger partial charge in [0.05, 0.1) is 6.20 Å². The lowest BCUT2D eigenvalue weighted by Crippen LogP contribution is -1.99. The molecular weight excluding hydrogens is 230 g/mol. The zero-order valence-electron chi connectivity index (χ0n) is 10.0. The third-order valence-corrected chi connectivity index (χ3v) is 2.45. The lowest BCUT2D eigenvalue weighted by atomic mass is 10.4. The SMILES string of the molecule is Cc1ccc(Oc2cc(C)nc3ncnn23)cn1. The number of rotatable bonds is 2. The molecule has 0 saturated heterocycles. The van der Waals surface area contributed by atoms with E-state index >= 15 is 0 Å². The number of aromatic nitrogens is 5. The summed E-state index contributed by atoms with van der Waals surface area (Å²) < 4.78 is 7.29. The summed E-state index contributed by atoms with van der Waals surface area (Å²) in [6, 6.07) is 5.56. The molecule has 0 unspecified atom stereocenters. The Morgan fingerprint density at radius 3 is 2.78 bits per heavy atom. The van der Waals surface area contributed by atoms with Crippen molar-refractivity contribution in [3.63, 3.8) is 0 Å². The summed E-state index contributed by atoms with van der Waals surface area (Å²) in [5, 5.41) is 4.07. The Morgan fingerprint density at radius 1 is 1.11 bits per heavy atom. The standard InChI is InChI=1S/C12H11N5O/c1-8-3-4-10(6-13-8)18-11-5-9(2)16-12-14-7-15-17(11)12/h3-7H,1-2H3. The number of nitrogens with zero attached hydrogens (tertiary/aromatic N) is 5. The second kappa shape index (κ2) is 4.06. The zero-order valence-corrected chi connectivity index (χ0v) is 10.0. The summed E-state index contributed by atoms with van der Waals surface area (Å²) in [4.78, 5) is 12.5. The van der Waals surface area contributed by atoms with E-state index in [2.05, 4.69) is 20.1 Å². The molecule has 0 aliphatic heterocycles. The zero-order chi connectivity index (χ0) is 12.5. The topological polar surface area (TPSA) is 65.2 Å². The molecule has 0 aliphatic carbocycles. The molecule has 0 bridgehead atoms. The van der Waals surface area contributed by atoms with Gasteiger partial charge in [0.1, 0.15) is 12.1 Å². The minimum Gasteiger partial charge on any atom is -0.437 e. The van der Waals surface area contributed by atoms with Gasteiger partial charge in [-0.05, 0) is 26.0 Å². The number of aryl methyl sites for hydroxylation is 2. The van der Waals surface area contributed by atoms with E-state index in [9.17, 15) is 0 Å². The van der Waals surface area contributed by atoms with E-state index in [1.807, 2.05) is 32.0 Å². The van der Waals surface area contributed by atoms with Crippen LogP contribution in [0.1, 0.15) is 11.4 Å². The molecule has 0 radical (unpaired) electrons. The molecule has 0 N–H and O–H groups in total. The van der Waals surface area contributed by atoms with Gasteiger partial charge in [-0.1, -0.05) is 0 Å². The van der Waals surface area contributed by atoms with Crippen LogP contribution < -0.4 is 4.74 Å². The van der Waals surface area contributed by atoms with Crippen molar-refractivity contribution in [2.24, 2.45) is 0 Å². The van der Waals surface area contributed by atoms with Crippen LogP contribution in [0.5, 0.6) is 11.6 Å². The average molecular weight is 241 g/mol. The van der Waals surface area contributed by atoms with E-state index in [1.54, 1.807) is 10.7 Å². The maximum atomic E-state index is 5.74. The molecule has 0 atom stereocenters. The van der Waals surface area contributed by atoms with Gasteiger partial charge < -0.3 is 4.74 Å². The fourth-order valence-corrected chi connectivity index (χ4v) is 1.61. The summed E-state index contributed by atoms with van der Waals surface area (Å²) in [5.41, 5.74) is 1.77.